The molecule has 1 N–H and O–H groups in total. The van der Waals surface area contributed by atoms with E-state index in [4.69, 9.17) is 16.3 Å². The maximum absolute atomic E-state index is 11.9. The smallest absolute Gasteiger partial charge is 0.224 e. The number of hydrogen-bond donors (Lipinski definition) is 2. The molecule has 0 aromatic heterocycles. The number of benzene rings is 1. The lowest BCUT2D eigenvalue weighted by Crippen LogP contribution is -2.18. The van der Waals surface area contributed by atoms with Gasteiger partial charge in [0.2, 0.25) is 5.91 Å². The summed E-state index contributed by atoms with van der Waals surface area (Å²) in [5.74, 6) is 1.35. The van der Waals surface area contributed by atoms with Crippen molar-refractivity contribution in [1.29, 1.82) is 0 Å². The molecule has 0 saturated heterocycles. The van der Waals surface area contributed by atoms with E-state index in [-0.39, 0.29) is 11.3 Å². The first-order valence-corrected chi connectivity index (χ1v) is 6.84. The summed E-state index contributed by atoms with van der Waals surface area (Å²) in [7, 11) is 1.55. The Labute approximate surface area is 117 Å². The van der Waals surface area contributed by atoms with Gasteiger partial charge in [-0.1, -0.05) is 11.6 Å². The van der Waals surface area contributed by atoms with E-state index in [0.29, 0.717) is 22.9 Å². The van der Waals surface area contributed by atoms with E-state index in [2.05, 4.69) is 17.9 Å². The Hall–Kier alpha value is -0.870. The maximum Gasteiger partial charge on any atom is 0.224 e. The van der Waals surface area contributed by atoms with Crippen molar-refractivity contribution in [3.8, 4) is 5.75 Å². The third kappa shape index (κ3) is 3.12. The number of thiol groups is 1. The van der Waals surface area contributed by atoms with E-state index in [9.17, 15) is 4.79 Å². The van der Waals surface area contributed by atoms with Crippen molar-refractivity contribution in [2.45, 2.75) is 19.3 Å². The van der Waals surface area contributed by atoms with Crippen LogP contribution in [0.2, 0.25) is 5.02 Å². The molecule has 98 valence electrons. The first-order valence-electron chi connectivity index (χ1n) is 5.83. The van der Waals surface area contributed by atoms with Gasteiger partial charge >= 0.3 is 0 Å². The van der Waals surface area contributed by atoms with Crippen LogP contribution in [-0.4, -0.2) is 18.8 Å². The third-order valence-electron chi connectivity index (χ3n) is 3.26. The minimum atomic E-state index is 0.0194. The van der Waals surface area contributed by atoms with Gasteiger partial charge in [-0.3, -0.25) is 4.79 Å². The highest BCUT2D eigenvalue weighted by Crippen LogP contribution is 2.49. The largest absolute Gasteiger partial charge is 0.495 e. The van der Waals surface area contributed by atoms with Crippen LogP contribution < -0.4 is 10.1 Å². The Morgan fingerprint density at radius 1 is 1.56 bits per heavy atom. The van der Waals surface area contributed by atoms with E-state index in [1.165, 1.54) is 0 Å². The van der Waals surface area contributed by atoms with Crippen LogP contribution in [0.4, 0.5) is 5.69 Å². The van der Waals surface area contributed by atoms with Crippen molar-refractivity contribution in [2.75, 3.05) is 18.2 Å². The lowest BCUT2D eigenvalue weighted by atomic mass is 10.1. The van der Waals surface area contributed by atoms with Gasteiger partial charge in [-0.15, -0.1) is 0 Å². The number of methoxy groups -OCH3 is 1. The molecule has 1 saturated carbocycles. The summed E-state index contributed by atoms with van der Waals surface area (Å²) in [6, 6.07) is 5.20. The van der Waals surface area contributed by atoms with Crippen LogP contribution in [0.5, 0.6) is 5.75 Å². The zero-order chi connectivity index (χ0) is 13.2. The van der Waals surface area contributed by atoms with Crippen LogP contribution in [0.1, 0.15) is 19.3 Å². The molecule has 1 aliphatic carbocycles. The average molecular weight is 286 g/mol. The third-order valence-corrected chi connectivity index (χ3v) is 4.25. The normalized spacial score (nSPS) is 16.2. The summed E-state index contributed by atoms with van der Waals surface area (Å²) in [6.07, 6.45) is 2.71. The Bertz CT molecular complexity index is 460. The minimum absolute atomic E-state index is 0.0194. The Morgan fingerprint density at radius 3 is 2.83 bits per heavy atom. The molecule has 5 heteroatoms. The highest BCUT2D eigenvalue weighted by atomic mass is 35.5. The van der Waals surface area contributed by atoms with Gasteiger partial charge in [0.05, 0.1) is 12.1 Å². The van der Waals surface area contributed by atoms with Crippen LogP contribution in [0, 0.1) is 5.41 Å². The fourth-order valence-corrected chi connectivity index (χ4v) is 2.47. The van der Waals surface area contributed by atoms with E-state index >= 15 is 0 Å². The molecule has 1 aromatic rings. The minimum Gasteiger partial charge on any atom is -0.495 e. The topological polar surface area (TPSA) is 38.3 Å². The molecule has 0 radical (unpaired) electrons. The SMILES string of the molecule is COc1cc(NC(=O)CC2(CS)CC2)ccc1Cl. The van der Waals surface area contributed by atoms with Crippen molar-refractivity contribution >= 4 is 35.8 Å². The predicted octanol–water partition coefficient (Wildman–Crippen LogP) is 3.39. The van der Waals surface area contributed by atoms with E-state index < -0.39 is 0 Å². The number of rotatable bonds is 5. The number of carbonyl (C=O) groups is 1. The number of hydrogen-bond acceptors (Lipinski definition) is 3. The molecule has 0 spiro atoms. The molecule has 0 atom stereocenters. The van der Waals surface area contributed by atoms with Gasteiger partial charge in [-0.2, -0.15) is 12.6 Å². The number of halogens is 1. The number of carbonyl (C=O) groups excluding carboxylic acids is 1. The standard InChI is InChI=1S/C13H16ClNO2S/c1-17-11-6-9(2-3-10(11)14)15-12(16)7-13(8-18)4-5-13/h2-3,6,18H,4-5,7-8H2,1H3,(H,15,16). The van der Waals surface area contributed by atoms with Crippen LogP contribution in [0.25, 0.3) is 0 Å². The summed E-state index contributed by atoms with van der Waals surface area (Å²) in [4.78, 5) is 11.9. The van der Waals surface area contributed by atoms with Gasteiger partial charge in [0.25, 0.3) is 0 Å². The zero-order valence-corrected chi connectivity index (χ0v) is 11.9. The van der Waals surface area contributed by atoms with Gasteiger partial charge in [-0.25, -0.2) is 0 Å². The summed E-state index contributed by atoms with van der Waals surface area (Å²) >= 11 is 10.2. The molecular weight excluding hydrogens is 270 g/mol. The first-order chi connectivity index (χ1) is 8.58. The van der Waals surface area contributed by atoms with Crippen LogP contribution >= 0.6 is 24.2 Å². The molecule has 2 rings (SSSR count). The summed E-state index contributed by atoms with van der Waals surface area (Å²) < 4.78 is 5.11. The fraction of sp³-hybridized carbons (Fsp3) is 0.462. The predicted molar refractivity (Wildman–Crippen MR) is 76.8 cm³/mol. The zero-order valence-electron chi connectivity index (χ0n) is 10.2. The molecule has 3 nitrogen and oxygen atoms in total. The summed E-state index contributed by atoms with van der Waals surface area (Å²) in [5.41, 5.74) is 0.834. The Kier molecular flexibility index (Phi) is 4.07. The van der Waals surface area contributed by atoms with Crippen LogP contribution in [-0.2, 0) is 4.79 Å². The second kappa shape index (κ2) is 5.41. The molecule has 0 heterocycles. The molecule has 1 amide bonds. The molecule has 18 heavy (non-hydrogen) atoms. The molecule has 0 unspecified atom stereocenters. The molecule has 1 aliphatic rings. The summed E-state index contributed by atoms with van der Waals surface area (Å²) in [5, 5.41) is 3.39. The highest BCUT2D eigenvalue weighted by Gasteiger charge is 2.42. The van der Waals surface area contributed by atoms with Gasteiger partial charge in [-0.05, 0) is 36.1 Å². The Morgan fingerprint density at radius 2 is 2.28 bits per heavy atom. The van der Waals surface area contributed by atoms with Gasteiger partial charge in [0.15, 0.2) is 0 Å². The van der Waals surface area contributed by atoms with E-state index in [1.54, 1.807) is 25.3 Å². The highest BCUT2D eigenvalue weighted by molar-refractivity contribution is 7.80. The van der Waals surface area contributed by atoms with Crippen LogP contribution in [0.15, 0.2) is 18.2 Å². The second-order valence-electron chi connectivity index (χ2n) is 4.73. The van der Waals surface area contributed by atoms with E-state index in [0.717, 1.165) is 18.6 Å². The summed E-state index contributed by atoms with van der Waals surface area (Å²) in [6.45, 7) is 0. The molecule has 1 aromatic carbocycles. The number of nitrogens with one attached hydrogen (secondary N) is 1. The van der Waals surface area contributed by atoms with Gasteiger partial charge in [0, 0.05) is 18.2 Å². The lowest BCUT2D eigenvalue weighted by molar-refractivity contribution is -0.117. The number of anilines is 1. The average Bonchev–Trinajstić information content (AvgIpc) is 3.12. The van der Waals surface area contributed by atoms with Gasteiger partial charge in [0.1, 0.15) is 5.75 Å². The monoisotopic (exact) mass is 285 g/mol. The van der Waals surface area contributed by atoms with Gasteiger partial charge < -0.3 is 10.1 Å². The molecule has 0 bridgehead atoms. The van der Waals surface area contributed by atoms with Crippen molar-refractivity contribution in [3.63, 3.8) is 0 Å². The van der Waals surface area contributed by atoms with Crippen molar-refractivity contribution in [3.05, 3.63) is 23.2 Å². The number of amides is 1. The van der Waals surface area contributed by atoms with Crippen molar-refractivity contribution < 1.29 is 9.53 Å². The van der Waals surface area contributed by atoms with Crippen molar-refractivity contribution in [2.24, 2.45) is 5.41 Å². The molecule has 0 aliphatic heterocycles. The lowest BCUT2D eigenvalue weighted by Gasteiger charge is -2.12. The molecule has 1 fully saturated rings. The van der Waals surface area contributed by atoms with Crippen LogP contribution in [0.3, 0.4) is 0 Å². The fourth-order valence-electron chi connectivity index (χ4n) is 1.85. The quantitative estimate of drug-likeness (QED) is 0.814. The van der Waals surface area contributed by atoms with E-state index in [1.807, 2.05) is 0 Å². The van der Waals surface area contributed by atoms with Crippen molar-refractivity contribution in [1.82, 2.24) is 0 Å². The first kappa shape index (κ1) is 13.6. The second-order valence-corrected chi connectivity index (χ2v) is 5.46. The number of ether oxygens (including phenoxy) is 1. The molecular formula is C13H16ClNO2S. The maximum atomic E-state index is 11.9. The Balaban J connectivity index is 1.98.